The first-order valence-corrected chi connectivity index (χ1v) is 11.0. The van der Waals surface area contributed by atoms with Gasteiger partial charge in [-0.25, -0.2) is 0 Å². The Bertz CT molecular complexity index is 501. The van der Waals surface area contributed by atoms with Crippen molar-refractivity contribution in [1.82, 2.24) is 5.32 Å². The fourth-order valence-electron chi connectivity index (χ4n) is 2.58. The number of nitrogens with one attached hydrogen (secondary N) is 1. The van der Waals surface area contributed by atoms with Crippen LogP contribution in [0.25, 0.3) is 0 Å². The third kappa shape index (κ3) is 15.4. The summed E-state index contributed by atoms with van der Waals surface area (Å²) in [7, 11) is 0. The molecule has 0 saturated heterocycles. The molecule has 3 nitrogen and oxygen atoms in total. The van der Waals surface area contributed by atoms with Crippen molar-refractivity contribution in [2.75, 3.05) is 6.61 Å². The lowest BCUT2D eigenvalue weighted by Gasteiger charge is -2.24. The Morgan fingerprint density at radius 2 is 1.39 bits per heavy atom. The Morgan fingerprint density at radius 3 is 1.89 bits per heavy atom. The van der Waals surface area contributed by atoms with Crippen molar-refractivity contribution >= 4 is 5.91 Å². The lowest BCUT2D eigenvalue weighted by atomic mass is 9.86. The molecule has 0 bridgehead atoms. The van der Waals surface area contributed by atoms with Crippen LogP contribution < -0.4 is 5.32 Å². The molecule has 0 aromatic rings. The van der Waals surface area contributed by atoms with Crippen LogP contribution in [0.2, 0.25) is 0 Å². The SMILES string of the molecule is CCCCC/C=C\C/C=C\C/C=C\C/C=C\CCC(C)(C)C(=O)N[C@H](C)CO. The van der Waals surface area contributed by atoms with Gasteiger partial charge in [0.2, 0.25) is 5.91 Å². The van der Waals surface area contributed by atoms with Gasteiger partial charge < -0.3 is 10.4 Å². The molecule has 2 N–H and O–H groups in total. The zero-order valence-electron chi connectivity index (χ0n) is 18.6. The number of amides is 1. The summed E-state index contributed by atoms with van der Waals surface area (Å²) in [5, 5.41) is 11.9. The van der Waals surface area contributed by atoms with E-state index in [4.69, 9.17) is 5.11 Å². The minimum Gasteiger partial charge on any atom is -0.394 e. The molecule has 0 aromatic heterocycles. The van der Waals surface area contributed by atoms with Crippen LogP contribution in [0.1, 0.15) is 85.5 Å². The molecule has 0 aliphatic carbocycles. The summed E-state index contributed by atoms with van der Waals surface area (Å²) < 4.78 is 0. The summed E-state index contributed by atoms with van der Waals surface area (Å²) in [6.45, 7) is 7.92. The minimum absolute atomic E-state index is 0.00457. The van der Waals surface area contributed by atoms with E-state index >= 15 is 0 Å². The van der Waals surface area contributed by atoms with Gasteiger partial charge >= 0.3 is 0 Å². The van der Waals surface area contributed by atoms with Gasteiger partial charge in [-0.05, 0) is 51.9 Å². The summed E-state index contributed by atoms with van der Waals surface area (Å²) in [5.41, 5.74) is -0.418. The predicted octanol–water partition coefficient (Wildman–Crippen LogP) is 6.27. The number of unbranched alkanes of at least 4 members (excludes halogenated alkanes) is 3. The first-order chi connectivity index (χ1) is 13.4. The number of allylic oxidation sites excluding steroid dienone is 8. The molecule has 28 heavy (non-hydrogen) atoms. The van der Waals surface area contributed by atoms with Crippen LogP contribution in [-0.4, -0.2) is 23.7 Å². The first kappa shape index (κ1) is 26.4. The Hall–Kier alpha value is -1.61. The third-order valence-electron chi connectivity index (χ3n) is 4.66. The van der Waals surface area contributed by atoms with E-state index < -0.39 is 5.41 Å². The topological polar surface area (TPSA) is 49.3 Å². The standard InChI is InChI=1S/C25H43NO2/c1-5-6-7-8-9-10-11-12-13-14-15-16-17-18-19-20-21-25(3,4)24(28)26-23(2)22-27/h9-10,12-13,15-16,18-19,23,27H,5-8,11,14,17,20-22H2,1-4H3,(H,26,28)/b10-9-,13-12-,16-15-,19-18-/t23-/m1/s1. The number of carbonyl (C=O) groups excluding carboxylic acids is 1. The Balaban J connectivity index is 3.80. The fourth-order valence-corrected chi connectivity index (χ4v) is 2.58. The number of hydrogen-bond donors (Lipinski definition) is 2. The van der Waals surface area contributed by atoms with Gasteiger partial charge in [-0.1, -0.05) is 82.2 Å². The molecular formula is C25H43NO2. The summed E-state index contributed by atoms with van der Waals surface area (Å²) in [6, 6.07) is -0.191. The maximum atomic E-state index is 12.2. The van der Waals surface area contributed by atoms with Crippen LogP contribution in [0, 0.1) is 5.41 Å². The zero-order chi connectivity index (χ0) is 21.1. The normalized spacial score (nSPS) is 14.0. The van der Waals surface area contributed by atoms with E-state index in [0.29, 0.717) is 0 Å². The predicted molar refractivity (Wildman–Crippen MR) is 122 cm³/mol. The van der Waals surface area contributed by atoms with Crippen LogP contribution in [0.3, 0.4) is 0 Å². The molecule has 1 amide bonds. The molecule has 0 spiro atoms. The Kier molecular flexibility index (Phi) is 16.5. The second-order valence-electron chi connectivity index (χ2n) is 8.07. The van der Waals surface area contributed by atoms with Gasteiger partial charge in [-0.15, -0.1) is 0 Å². The quantitative estimate of drug-likeness (QED) is 0.241. The molecule has 0 fully saturated rings. The molecular weight excluding hydrogens is 346 g/mol. The van der Waals surface area contributed by atoms with E-state index in [0.717, 1.165) is 32.1 Å². The molecule has 0 radical (unpaired) electrons. The van der Waals surface area contributed by atoms with Gasteiger partial charge in [0.15, 0.2) is 0 Å². The molecule has 0 aliphatic heterocycles. The van der Waals surface area contributed by atoms with Crippen molar-refractivity contribution in [3.8, 4) is 0 Å². The van der Waals surface area contributed by atoms with Crippen molar-refractivity contribution < 1.29 is 9.90 Å². The molecule has 1 atom stereocenters. The Labute approximate surface area is 173 Å². The average molecular weight is 390 g/mol. The molecule has 0 heterocycles. The van der Waals surface area contributed by atoms with Gasteiger partial charge in [0.25, 0.3) is 0 Å². The molecule has 160 valence electrons. The van der Waals surface area contributed by atoms with Crippen LogP contribution in [-0.2, 0) is 4.79 Å². The fraction of sp³-hybridized carbons (Fsp3) is 0.640. The highest BCUT2D eigenvalue weighted by molar-refractivity contribution is 5.82. The van der Waals surface area contributed by atoms with E-state index in [2.05, 4.69) is 60.8 Å². The lowest BCUT2D eigenvalue weighted by Crippen LogP contribution is -2.43. The zero-order valence-corrected chi connectivity index (χ0v) is 18.6. The maximum Gasteiger partial charge on any atom is 0.225 e. The molecule has 0 aromatic carbocycles. The van der Waals surface area contributed by atoms with Gasteiger partial charge in [0.1, 0.15) is 0 Å². The highest BCUT2D eigenvalue weighted by Crippen LogP contribution is 2.23. The van der Waals surface area contributed by atoms with Crippen LogP contribution in [0.4, 0.5) is 0 Å². The largest absolute Gasteiger partial charge is 0.394 e. The molecule has 0 rings (SSSR count). The number of carbonyl (C=O) groups is 1. The van der Waals surface area contributed by atoms with E-state index in [1.54, 1.807) is 6.92 Å². The van der Waals surface area contributed by atoms with E-state index in [1.807, 2.05) is 13.8 Å². The van der Waals surface area contributed by atoms with E-state index in [-0.39, 0.29) is 18.6 Å². The second-order valence-corrected chi connectivity index (χ2v) is 8.07. The number of rotatable bonds is 16. The maximum absolute atomic E-state index is 12.2. The smallest absolute Gasteiger partial charge is 0.225 e. The molecule has 3 heteroatoms. The first-order valence-electron chi connectivity index (χ1n) is 11.0. The van der Waals surface area contributed by atoms with Gasteiger partial charge in [0.05, 0.1) is 6.61 Å². The number of hydrogen-bond acceptors (Lipinski definition) is 2. The third-order valence-corrected chi connectivity index (χ3v) is 4.66. The van der Waals surface area contributed by atoms with Crippen LogP contribution in [0.5, 0.6) is 0 Å². The van der Waals surface area contributed by atoms with Crippen LogP contribution >= 0.6 is 0 Å². The second kappa shape index (κ2) is 17.5. The highest BCUT2D eigenvalue weighted by Gasteiger charge is 2.27. The van der Waals surface area contributed by atoms with Crippen molar-refractivity contribution in [1.29, 1.82) is 0 Å². The van der Waals surface area contributed by atoms with Crippen molar-refractivity contribution in [3.63, 3.8) is 0 Å². The van der Waals surface area contributed by atoms with Crippen molar-refractivity contribution in [3.05, 3.63) is 48.6 Å². The summed E-state index contributed by atoms with van der Waals surface area (Å²) in [4.78, 5) is 12.2. The number of aliphatic hydroxyl groups is 1. The summed E-state index contributed by atoms with van der Waals surface area (Å²) in [6.07, 6.45) is 27.4. The molecule has 0 unspecified atom stereocenters. The minimum atomic E-state index is -0.418. The van der Waals surface area contributed by atoms with E-state index in [1.165, 1.54) is 25.7 Å². The highest BCUT2D eigenvalue weighted by atomic mass is 16.3. The lowest BCUT2D eigenvalue weighted by molar-refractivity contribution is -0.130. The van der Waals surface area contributed by atoms with Gasteiger partial charge in [-0.3, -0.25) is 4.79 Å². The van der Waals surface area contributed by atoms with Crippen molar-refractivity contribution in [2.45, 2.75) is 91.5 Å². The van der Waals surface area contributed by atoms with Gasteiger partial charge in [0, 0.05) is 11.5 Å². The van der Waals surface area contributed by atoms with Crippen LogP contribution in [0.15, 0.2) is 48.6 Å². The molecule has 0 aliphatic rings. The average Bonchev–Trinajstić information content (AvgIpc) is 2.67. The van der Waals surface area contributed by atoms with Gasteiger partial charge in [-0.2, -0.15) is 0 Å². The van der Waals surface area contributed by atoms with E-state index in [9.17, 15) is 4.79 Å². The summed E-state index contributed by atoms with van der Waals surface area (Å²) in [5.74, 6) is 0.00457. The van der Waals surface area contributed by atoms with Crippen molar-refractivity contribution in [2.24, 2.45) is 5.41 Å². The Morgan fingerprint density at radius 1 is 0.893 bits per heavy atom. The number of aliphatic hydroxyl groups excluding tert-OH is 1. The molecule has 0 saturated carbocycles. The summed E-state index contributed by atoms with van der Waals surface area (Å²) >= 11 is 0. The monoisotopic (exact) mass is 389 g/mol.